The van der Waals surface area contributed by atoms with E-state index in [0.29, 0.717) is 17.9 Å². The van der Waals surface area contributed by atoms with E-state index in [1.54, 1.807) is 19.2 Å². The fraction of sp³-hybridized carbons (Fsp3) is 0.167. The van der Waals surface area contributed by atoms with Crippen LogP contribution in [0.3, 0.4) is 0 Å². The molecule has 146 valence electrons. The Balaban J connectivity index is 1.66. The van der Waals surface area contributed by atoms with Crippen LogP contribution in [0.15, 0.2) is 78.9 Å². The average molecular weight is 385 g/mol. The number of nitrogens with zero attached hydrogens (tertiary/aromatic N) is 2. The van der Waals surface area contributed by atoms with E-state index in [-0.39, 0.29) is 11.9 Å². The summed E-state index contributed by atoms with van der Waals surface area (Å²) in [4.78, 5) is 17.5. The molecule has 1 atom stereocenters. The Bertz CT molecular complexity index is 1140. The Kier molecular flexibility index (Phi) is 5.29. The van der Waals surface area contributed by atoms with Gasteiger partial charge in [0.15, 0.2) is 0 Å². The number of methoxy groups -OCH3 is 1. The Labute approximate surface area is 170 Å². The van der Waals surface area contributed by atoms with Crippen LogP contribution in [0.4, 0.5) is 0 Å². The van der Waals surface area contributed by atoms with Gasteiger partial charge < -0.3 is 14.6 Å². The van der Waals surface area contributed by atoms with E-state index < -0.39 is 0 Å². The molecule has 29 heavy (non-hydrogen) atoms. The third-order valence-electron chi connectivity index (χ3n) is 5.10. The Morgan fingerprint density at radius 2 is 1.69 bits per heavy atom. The van der Waals surface area contributed by atoms with E-state index >= 15 is 0 Å². The first-order valence-corrected chi connectivity index (χ1v) is 9.61. The lowest BCUT2D eigenvalue weighted by molar-refractivity contribution is 0.0946. The molecule has 0 aliphatic carbocycles. The van der Waals surface area contributed by atoms with Gasteiger partial charge in [0.25, 0.3) is 5.91 Å². The molecule has 0 aliphatic rings. The van der Waals surface area contributed by atoms with Crippen LogP contribution in [-0.2, 0) is 6.54 Å². The normalized spacial score (nSPS) is 11.9. The van der Waals surface area contributed by atoms with Gasteiger partial charge in [0.05, 0.1) is 36.3 Å². The van der Waals surface area contributed by atoms with Gasteiger partial charge in [0.2, 0.25) is 0 Å². The number of hydrogen-bond donors (Lipinski definition) is 1. The highest BCUT2D eigenvalue weighted by molar-refractivity contribution is 5.96. The molecular formula is C24H23N3O2. The molecule has 0 saturated heterocycles. The highest BCUT2D eigenvalue weighted by Crippen LogP contribution is 2.26. The lowest BCUT2D eigenvalue weighted by Crippen LogP contribution is -2.26. The second-order valence-electron chi connectivity index (χ2n) is 6.86. The highest BCUT2D eigenvalue weighted by atomic mass is 16.5. The molecule has 0 bridgehead atoms. The van der Waals surface area contributed by atoms with Crippen molar-refractivity contribution >= 4 is 16.9 Å². The van der Waals surface area contributed by atoms with Crippen LogP contribution in [-0.4, -0.2) is 22.6 Å². The summed E-state index contributed by atoms with van der Waals surface area (Å²) in [5.74, 6) is 1.18. The van der Waals surface area contributed by atoms with Crippen LogP contribution >= 0.6 is 0 Å². The minimum Gasteiger partial charge on any atom is -0.496 e. The molecule has 0 fully saturated rings. The van der Waals surface area contributed by atoms with Crippen molar-refractivity contribution in [3.05, 3.63) is 95.8 Å². The first-order valence-electron chi connectivity index (χ1n) is 9.61. The van der Waals surface area contributed by atoms with Crippen molar-refractivity contribution in [1.29, 1.82) is 0 Å². The molecule has 5 heteroatoms. The van der Waals surface area contributed by atoms with Crippen molar-refractivity contribution in [3.63, 3.8) is 0 Å². The number of amides is 1. The predicted molar refractivity (Wildman–Crippen MR) is 114 cm³/mol. The third kappa shape index (κ3) is 3.72. The third-order valence-corrected chi connectivity index (χ3v) is 5.10. The number of rotatable bonds is 6. The van der Waals surface area contributed by atoms with E-state index in [2.05, 4.69) is 35.0 Å². The fourth-order valence-corrected chi connectivity index (χ4v) is 3.62. The summed E-state index contributed by atoms with van der Waals surface area (Å²) in [7, 11) is 1.56. The van der Waals surface area contributed by atoms with Crippen LogP contribution in [0.5, 0.6) is 5.75 Å². The van der Waals surface area contributed by atoms with Crippen molar-refractivity contribution in [2.24, 2.45) is 0 Å². The molecule has 1 N–H and O–H groups in total. The zero-order chi connectivity index (χ0) is 20.2. The molecule has 4 aromatic rings. The molecular weight excluding hydrogens is 362 g/mol. The summed E-state index contributed by atoms with van der Waals surface area (Å²) in [6, 6.07) is 25.6. The van der Waals surface area contributed by atoms with Gasteiger partial charge in [-0.2, -0.15) is 0 Å². The summed E-state index contributed by atoms with van der Waals surface area (Å²) in [5.41, 5.74) is 3.66. The van der Waals surface area contributed by atoms with E-state index in [1.807, 2.05) is 48.5 Å². The summed E-state index contributed by atoms with van der Waals surface area (Å²) in [6.45, 7) is 2.47. The van der Waals surface area contributed by atoms with Crippen LogP contribution in [0.1, 0.15) is 34.7 Å². The Hall–Kier alpha value is -3.60. The van der Waals surface area contributed by atoms with E-state index in [1.165, 1.54) is 5.56 Å². The number of ether oxygens (including phenoxy) is 1. The van der Waals surface area contributed by atoms with Crippen molar-refractivity contribution in [2.75, 3.05) is 7.11 Å². The number of benzene rings is 3. The number of carbonyl (C=O) groups is 1. The largest absolute Gasteiger partial charge is 0.496 e. The summed E-state index contributed by atoms with van der Waals surface area (Å²) < 4.78 is 7.49. The monoisotopic (exact) mass is 385 g/mol. The van der Waals surface area contributed by atoms with Gasteiger partial charge in [-0.25, -0.2) is 4.98 Å². The predicted octanol–water partition coefficient (Wildman–Crippen LogP) is 4.58. The molecule has 1 amide bonds. The maximum absolute atomic E-state index is 12.7. The lowest BCUT2D eigenvalue weighted by Gasteiger charge is -2.18. The van der Waals surface area contributed by atoms with E-state index in [4.69, 9.17) is 9.72 Å². The standard InChI is InChI=1S/C24H23N3O2/c1-17(18-10-4-3-5-11-18)27-21-14-8-7-13-20(21)26-23(27)16-25-24(28)19-12-6-9-15-22(19)29-2/h3-15,17H,16H2,1-2H3,(H,25,28). The quantitative estimate of drug-likeness (QED) is 0.528. The zero-order valence-electron chi connectivity index (χ0n) is 16.5. The second kappa shape index (κ2) is 8.19. The fourth-order valence-electron chi connectivity index (χ4n) is 3.62. The van der Waals surface area contributed by atoms with Gasteiger partial charge >= 0.3 is 0 Å². The zero-order valence-corrected chi connectivity index (χ0v) is 16.5. The van der Waals surface area contributed by atoms with Crippen molar-refractivity contribution in [2.45, 2.75) is 19.5 Å². The molecule has 0 radical (unpaired) electrons. The molecule has 3 aromatic carbocycles. The van der Waals surface area contributed by atoms with Crippen molar-refractivity contribution in [1.82, 2.24) is 14.9 Å². The molecule has 1 unspecified atom stereocenters. The summed E-state index contributed by atoms with van der Waals surface area (Å²) in [6.07, 6.45) is 0. The van der Waals surface area contributed by atoms with E-state index in [0.717, 1.165) is 16.9 Å². The number of imidazole rings is 1. The first kappa shape index (κ1) is 18.7. The number of fused-ring (bicyclic) bond motifs is 1. The van der Waals surface area contributed by atoms with Crippen LogP contribution in [0, 0.1) is 0 Å². The van der Waals surface area contributed by atoms with Gasteiger partial charge in [-0.3, -0.25) is 4.79 Å². The average Bonchev–Trinajstić information content (AvgIpc) is 3.15. The summed E-state index contributed by atoms with van der Waals surface area (Å²) in [5, 5.41) is 3.00. The van der Waals surface area contributed by atoms with Crippen molar-refractivity contribution < 1.29 is 9.53 Å². The molecule has 4 rings (SSSR count). The number of hydrogen-bond acceptors (Lipinski definition) is 3. The maximum Gasteiger partial charge on any atom is 0.255 e. The first-order chi connectivity index (χ1) is 14.2. The molecule has 1 heterocycles. The van der Waals surface area contributed by atoms with Gasteiger partial charge in [0, 0.05) is 0 Å². The number of nitrogens with one attached hydrogen (secondary N) is 1. The lowest BCUT2D eigenvalue weighted by atomic mass is 10.1. The van der Waals surface area contributed by atoms with Crippen LogP contribution in [0.2, 0.25) is 0 Å². The van der Waals surface area contributed by atoms with Gasteiger partial charge in [-0.15, -0.1) is 0 Å². The number of aromatic nitrogens is 2. The highest BCUT2D eigenvalue weighted by Gasteiger charge is 2.18. The molecule has 0 spiro atoms. The smallest absolute Gasteiger partial charge is 0.255 e. The minimum absolute atomic E-state index is 0.0850. The van der Waals surface area contributed by atoms with Crippen LogP contribution < -0.4 is 10.1 Å². The number of para-hydroxylation sites is 3. The molecule has 1 aromatic heterocycles. The second-order valence-corrected chi connectivity index (χ2v) is 6.86. The Morgan fingerprint density at radius 1 is 1.00 bits per heavy atom. The molecule has 0 saturated carbocycles. The SMILES string of the molecule is COc1ccccc1C(=O)NCc1nc2ccccc2n1C(C)c1ccccc1. The molecule has 0 aliphatic heterocycles. The van der Waals surface area contributed by atoms with E-state index in [9.17, 15) is 4.79 Å². The molecule has 5 nitrogen and oxygen atoms in total. The Morgan fingerprint density at radius 3 is 2.48 bits per heavy atom. The van der Waals surface area contributed by atoms with Gasteiger partial charge in [-0.05, 0) is 36.8 Å². The summed E-state index contributed by atoms with van der Waals surface area (Å²) >= 11 is 0. The number of carbonyl (C=O) groups excluding carboxylic acids is 1. The maximum atomic E-state index is 12.7. The van der Waals surface area contributed by atoms with Gasteiger partial charge in [0.1, 0.15) is 11.6 Å². The minimum atomic E-state index is -0.187. The van der Waals surface area contributed by atoms with Crippen molar-refractivity contribution in [3.8, 4) is 5.75 Å². The van der Waals surface area contributed by atoms with Crippen LogP contribution in [0.25, 0.3) is 11.0 Å². The van der Waals surface area contributed by atoms with Gasteiger partial charge in [-0.1, -0.05) is 54.6 Å². The topological polar surface area (TPSA) is 56.1 Å².